The molecule has 1 aliphatic rings. The molecule has 0 spiro atoms. The van der Waals surface area contributed by atoms with Crippen molar-refractivity contribution in [2.45, 2.75) is 52.2 Å². The number of hydrogen-bond acceptors (Lipinski definition) is 5. The number of aryl methyl sites for hydroxylation is 3. The Bertz CT molecular complexity index is 1010. The monoisotopic (exact) mass is 391 g/mol. The van der Waals surface area contributed by atoms with Crippen LogP contribution in [0, 0.1) is 6.92 Å². The summed E-state index contributed by atoms with van der Waals surface area (Å²) in [5, 5.41) is 6.81. The van der Waals surface area contributed by atoms with Gasteiger partial charge in [0.25, 0.3) is 5.91 Å². The summed E-state index contributed by atoms with van der Waals surface area (Å²) in [7, 11) is 0. The molecular formula is C23H25N3O3. The first-order valence-electron chi connectivity index (χ1n) is 10.0. The zero-order valence-corrected chi connectivity index (χ0v) is 16.8. The summed E-state index contributed by atoms with van der Waals surface area (Å²) in [6.07, 6.45) is 4.04. The third kappa shape index (κ3) is 4.47. The second kappa shape index (κ2) is 8.47. The van der Waals surface area contributed by atoms with Crippen molar-refractivity contribution in [2.24, 2.45) is 0 Å². The Morgan fingerprint density at radius 3 is 2.79 bits per heavy atom. The number of ether oxygens (including phenoxy) is 1. The molecule has 1 unspecified atom stereocenters. The highest BCUT2D eigenvalue weighted by atomic mass is 16.5. The molecule has 0 fully saturated rings. The molecule has 0 saturated carbocycles. The van der Waals surface area contributed by atoms with Crippen LogP contribution in [0.1, 0.15) is 42.3 Å². The first kappa shape index (κ1) is 19.2. The Labute approximate surface area is 170 Å². The molecular weight excluding hydrogens is 366 g/mol. The van der Waals surface area contributed by atoms with E-state index in [9.17, 15) is 4.79 Å². The predicted molar refractivity (Wildman–Crippen MR) is 109 cm³/mol. The quantitative estimate of drug-likeness (QED) is 0.687. The second-order valence-electron chi connectivity index (χ2n) is 7.44. The Hall–Kier alpha value is -3.15. The molecule has 29 heavy (non-hydrogen) atoms. The number of benzene rings is 2. The number of amides is 1. The van der Waals surface area contributed by atoms with Crippen LogP contribution in [0.5, 0.6) is 5.75 Å². The maximum absolute atomic E-state index is 12.4. The van der Waals surface area contributed by atoms with Gasteiger partial charge in [-0.05, 0) is 68.4 Å². The van der Waals surface area contributed by atoms with Crippen molar-refractivity contribution in [3.8, 4) is 17.1 Å². The fourth-order valence-corrected chi connectivity index (χ4v) is 3.61. The van der Waals surface area contributed by atoms with Gasteiger partial charge in [0, 0.05) is 5.56 Å². The summed E-state index contributed by atoms with van der Waals surface area (Å²) in [6.45, 7) is 3.89. The van der Waals surface area contributed by atoms with Gasteiger partial charge in [0.1, 0.15) is 5.75 Å². The molecule has 1 heterocycles. The van der Waals surface area contributed by atoms with E-state index in [1.54, 1.807) is 6.92 Å². The van der Waals surface area contributed by atoms with Gasteiger partial charge < -0.3 is 14.6 Å². The van der Waals surface area contributed by atoms with E-state index in [1.165, 1.54) is 24.0 Å². The zero-order chi connectivity index (χ0) is 20.2. The van der Waals surface area contributed by atoms with Gasteiger partial charge in [-0.2, -0.15) is 4.98 Å². The van der Waals surface area contributed by atoms with Crippen molar-refractivity contribution >= 4 is 5.91 Å². The molecule has 1 aliphatic carbocycles. The Kier molecular flexibility index (Phi) is 5.60. The van der Waals surface area contributed by atoms with Crippen molar-refractivity contribution in [1.82, 2.24) is 15.5 Å². The Morgan fingerprint density at radius 1 is 1.17 bits per heavy atom. The lowest BCUT2D eigenvalue weighted by Gasteiger charge is -2.19. The van der Waals surface area contributed by atoms with E-state index in [0.717, 1.165) is 29.7 Å². The molecule has 150 valence electrons. The lowest BCUT2D eigenvalue weighted by molar-refractivity contribution is -0.127. The molecule has 3 aromatic rings. The van der Waals surface area contributed by atoms with Crippen LogP contribution in [0.2, 0.25) is 0 Å². The zero-order valence-electron chi connectivity index (χ0n) is 16.8. The molecule has 6 heteroatoms. The van der Waals surface area contributed by atoms with Gasteiger partial charge in [0.05, 0.1) is 6.54 Å². The summed E-state index contributed by atoms with van der Waals surface area (Å²) in [6, 6.07) is 13.9. The number of nitrogens with zero attached hydrogens (tertiary/aromatic N) is 2. The molecule has 4 rings (SSSR count). The van der Waals surface area contributed by atoms with E-state index in [1.807, 2.05) is 37.3 Å². The van der Waals surface area contributed by atoms with Gasteiger partial charge >= 0.3 is 0 Å². The number of hydrogen-bond donors (Lipinski definition) is 1. The molecule has 0 aliphatic heterocycles. The van der Waals surface area contributed by atoms with Gasteiger partial charge in [-0.25, -0.2) is 0 Å². The van der Waals surface area contributed by atoms with Crippen molar-refractivity contribution in [1.29, 1.82) is 0 Å². The van der Waals surface area contributed by atoms with Gasteiger partial charge in [-0.3, -0.25) is 4.79 Å². The number of carbonyl (C=O) groups is 1. The third-order valence-corrected chi connectivity index (χ3v) is 5.27. The molecule has 1 atom stereocenters. The van der Waals surface area contributed by atoms with Crippen molar-refractivity contribution < 1.29 is 14.1 Å². The number of aromatic nitrogens is 2. The fraction of sp³-hybridized carbons (Fsp3) is 0.348. The Morgan fingerprint density at radius 2 is 1.97 bits per heavy atom. The Balaban J connectivity index is 1.33. The molecule has 0 radical (unpaired) electrons. The maximum atomic E-state index is 12.4. The SMILES string of the molecule is Cc1ccccc1-c1noc(CNC(=O)C(C)Oc2ccc3c(c2)CCCC3)n1. The van der Waals surface area contributed by atoms with Crippen molar-refractivity contribution in [2.75, 3.05) is 0 Å². The molecule has 6 nitrogen and oxygen atoms in total. The fourth-order valence-electron chi connectivity index (χ4n) is 3.61. The van der Waals surface area contributed by atoms with Crippen molar-refractivity contribution in [3.63, 3.8) is 0 Å². The number of carbonyl (C=O) groups excluding carboxylic acids is 1. The highest BCUT2D eigenvalue weighted by Gasteiger charge is 2.18. The molecule has 1 N–H and O–H groups in total. The van der Waals surface area contributed by atoms with Gasteiger partial charge in [-0.15, -0.1) is 0 Å². The topological polar surface area (TPSA) is 77.2 Å². The van der Waals surface area contributed by atoms with Crippen LogP contribution < -0.4 is 10.1 Å². The van der Waals surface area contributed by atoms with Crippen LogP contribution in [0.15, 0.2) is 47.0 Å². The van der Waals surface area contributed by atoms with Crippen molar-refractivity contribution in [3.05, 3.63) is 65.0 Å². The summed E-state index contributed by atoms with van der Waals surface area (Å²) < 4.78 is 11.1. The highest BCUT2D eigenvalue weighted by molar-refractivity contribution is 5.80. The van der Waals surface area contributed by atoms with E-state index in [-0.39, 0.29) is 12.5 Å². The van der Waals surface area contributed by atoms with E-state index >= 15 is 0 Å². The minimum absolute atomic E-state index is 0.162. The average molecular weight is 391 g/mol. The second-order valence-corrected chi connectivity index (χ2v) is 7.44. The average Bonchev–Trinajstić information content (AvgIpc) is 3.21. The molecule has 0 bridgehead atoms. The van der Waals surface area contributed by atoms with Crippen LogP contribution in [-0.2, 0) is 24.2 Å². The number of nitrogens with one attached hydrogen (secondary N) is 1. The maximum Gasteiger partial charge on any atom is 0.261 e. The first-order chi connectivity index (χ1) is 14.1. The smallest absolute Gasteiger partial charge is 0.261 e. The minimum Gasteiger partial charge on any atom is -0.481 e. The van der Waals surface area contributed by atoms with E-state index in [0.29, 0.717) is 11.7 Å². The van der Waals surface area contributed by atoms with Gasteiger partial charge in [-0.1, -0.05) is 35.5 Å². The van der Waals surface area contributed by atoms with Gasteiger partial charge in [0.15, 0.2) is 6.10 Å². The minimum atomic E-state index is -0.615. The number of rotatable bonds is 6. The highest BCUT2D eigenvalue weighted by Crippen LogP contribution is 2.26. The van der Waals surface area contributed by atoms with Crippen LogP contribution in [0.4, 0.5) is 0 Å². The lowest BCUT2D eigenvalue weighted by atomic mass is 9.92. The van der Waals surface area contributed by atoms with E-state index < -0.39 is 6.10 Å². The summed E-state index contributed by atoms with van der Waals surface area (Å²) >= 11 is 0. The van der Waals surface area contributed by atoms with Crippen LogP contribution >= 0.6 is 0 Å². The molecule has 0 saturated heterocycles. The number of fused-ring (bicyclic) bond motifs is 1. The lowest BCUT2D eigenvalue weighted by Crippen LogP contribution is -2.36. The summed E-state index contributed by atoms with van der Waals surface area (Å²) in [5.41, 5.74) is 4.70. The normalized spacial score (nSPS) is 14.1. The molecule has 2 aromatic carbocycles. The molecule has 1 aromatic heterocycles. The van der Waals surface area contributed by atoms with Gasteiger partial charge in [0.2, 0.25) is 11.7 Å². The molecule has 1 amide bonds. The summed E-state index contributed by atoms with van der Waals surface area (Å²) in [5.74, 6) is 1.38. The van der Waals surface area contributed by atoms with Crippen LogP contribution in [-0.4, -0.2) is 22.2 Å². The first-order valence-corrected chi connectivity index (χ1v) is 10.0. The van der Waals surface area contributed by atoms with Crippen LogP contribution in [0.25, 0.3) is 11.4 Å². The third-order valence-electron chi connectivity index (χ3n) is 5.27. The van der Waals surface area contributed by atoms with E-state index in [2.05, 4.69) is 27.6 Å². The largest absolute Gasteiger partial charge is 0.481 e. The standard InChI is InChI=1S/C23H25N3O3/c1-15-7-3-6-10-20(15)22-25-21(29-26-22)14-24-23(27)16(2)28-19-12-11-17-8-4-5-9-18(17)13-19/h3,6-7,10-13,16H,4-5,8-9,14H2,1-2H3,(H,24,27). The van der Waals surface area contributed by atoms with E-state index in [4.69, 9.17) is 9.26 Å². The summed E-state index contributed by atoms with van der Waals surface area (Å²) in [4.78, 5) is 16.8. The predicted octanol–water partition coefficient (Wildman–Crippen LogP) is 4.01. The van der Waals surface area contributed by atoms with Crippen LogP contribution in [0.3, 0.4) is 0 Å².